The number of carbonyl (C=O) groups is 2. The van der Waals surface area contributed by atoms with Gasteiger partial charge in [-0.25, -0.2) is 0 Å². The van der Waals surface area contributed by atoms with E-state index in [9.17, 15) is 9.59 Å². The number of carbonyl (C=O) groups excluding carboxylic acids is 2. The molecule has 0 saturated carbocycles. The summed E-state index contributed by atoms with van der Waals surface area (Å²) in [5.41, 5.74) is 0. The first kappa shape index (κ1) is 10.6. The summed E-state index contributed by atoms with van der Waals surface area (Å²) in [7, 11) is 0. The standard InChI is InChI=1S/C9H15NO2S/c1-4-9(5-2)8(12)10-7(11)6(3)13-9/h6H,4-5H2,1-3H3,(H,10,11,12)/t6-/m1/s1. The lowest BCUT2D eigenvalue weighted by atomic mass is 10.0. The van der Waals surface area contributed by atoms with E-state index in [0.29, 0.717) is 0 Å². The summed E-state index contributed by atoms with van der Waals surface area (Å²) >= 11 is 1.49. The molecule has 0 spiro atoms. The van der Waals surface area contributed by atoms with Crippen LogP contribution in [-0.4, -0.2) is 21.8 Å². The van der Waals surface area contributed by atoms with Crippen LogP contribution in [0.25, 0.3) is 0 Å². The van der Waals surface area contributed by atoms with Gasteiger partial charge in [0.05, 0.1) is 10.00 Å². The Kier molecular flexibility index (Phi) is 3.01. The van der Waals surface area contributed by atoms with Crippen LogP contribution in [0, 0.1) is 0 Å². The maximum Gasteiger partial charge on any atom is 0.242 e. The third kappa shape index (κ3) is 1.73. The highest BCUT2D eigenvalue weighted by atomic mass is 32.2. The van der Waals surface area contributed by atoms with E-state index in [2.05, 4.69) is 5.32 Å². The smallest absolute Gasteiger partial charge is 0.242 e. The summed E-state index contributed by atoms with van der Waals surface area (Å²) in [5, 5.41) is 2.31. The predicted octanol–water partition coefficient (Wildman–Crippen LogP) is 1.32. The van der Waals surface area contributed by atoms with Gasteiger partial charge in [0.25, 0.3) is 0 Å². The Labute approximate surface area is 82.6 Å². The van der Waals surface area contributed by atoms with Crippen LogP contribution < -0.4 is 5.32 Å². The van der Waals surface area contributed by atoms with E-state index in [0.717, 1.165) is 12.8 Å². The van der Waals surface area contributed by atoms with Crippen LogP contribution in [0.5, 0.6) is 0 Å². The van der Waals surface area contributed by atoms with E-state index in [1.54, 1.807) is 0 Å². The van der Waals surface area contributed by atoms with Crippen molar-refractivity contribution in [3.63, 3.8) is 0 Å². The molecule has 1 fully saturated rings. The van der Waals surface area contributed by atoms with Crippen molar-refractivity contribution in [1.82, 2.24) is 5.32 Å². The summed E-state index contributed by atoms with van der Waals surface area (Å²) in [6.07, 6.45) is 1.55. The highest BCUT2D eigenvalue weighted by molar-refractivity contribution is 8.02. The molecule has 0 aromatic heterocycles. The Morgan fingerprint density at radius 2 is 1.92 bits per heavy atom. The number of imide groups is 1. The normalized spacial score (nSPS) is 27.2. The van der Waals surface area contributed by atoms with Gasteiger partial charge in [-0.15, -0.1) is 11.8 Å². The SMILES string of the molecule is CCC1(CC)S[C@H](C)C(=O)NC1=O. The highest BCUT2D eigenvalue weighted by Crippen LogP contribution is 2.38. The number of amides is 2. The van der Waals surface area contributed by atoms with Crippen LogP contribution in [0.4, 0.5) is 0 Å². The van der Waals surface area contributed by atoms with E-state index < -0.39 is 0 Å². The molecule has 0 radical (unpaired) electrons. The minimum Gasteiger partial charge on any atom is -0.294 e. The van der Waals surface area contributed by atoms with Gasteiger partial charge >= 0.3 is 0 Å². The van der Waals surface area contributed by atoms with Crippen molar-refractivity contribution in [3.05, 3.63) is 0 Å². The van der Waals surface area contributed by atoms with Crippen molar-refractivity contribution in [2.24, 2.45) is 0 Å². The number of thioether (sulfide) groups is 1. The van der Waals surface area contributed by atoms with Gasteiger partial charge in [-0.2, -0.15) is 0 Å². The molecule has 1 aliphatic heterocycles. The Morgan fingerprint density at radius 1 is 1.38 bits per heavy atom. The van der Waals surface area contributed by atoms with Gasteiger partial charge in [-0.05, 0) is 19.8 Å². The molecule has 3 nitrogen and oxygen atoms in total. The van der Waals surface area contributed by atoms with E-state index in [4.69, 9.17) is 0 Å². The molecule has 1 saturated heterocycles. The Bertz CT molecular complexity index is 236. The summed E-state index contributed by atoms with van der Waals surface area (Å²) in [5.74, 6) is -0.280. The Morgan fingerprint density at radius 3 is 2.38 bits per heavy atom. The molecular formula is C9H15NO2S. The van der Waals surface area contributed by atoms with Crippen molar-refractivity contribution < 1.29 is 9.59 Å². The second-order valence-corrected chi connectivity index (χ2v) is 5.00. The molecule has 0 aromatic carbocycles. The molecule has 0 unspecified atom stereocenters. The molecular weight excluding hydrogens is 186 g/mol. The van der Waals surface area contributed by atoms with Crippen molar-refractivity contribution in [3.8, 4) is 0 Å². The molecule has 0 aliphatic carbocycles. The number of hydrogen-bond acceptors (Lipinski definition) is 3. The number of nitrogens with one attached hydrogen (secondary N) is 1. The van der Waals surface area contributed by atoms with Crippen molar-refractivity contribution >= 4 is 23.6 Å². The highest BCUT2D eigenvalue weighted by Gasteiger charge is 2.43. The maximum absolute atomic E-state index is 11.6. The molecule has 1 atom stereocenters. The van der Waals surface area contributed by atoms with Gasteiger partial charge in [-0.3, -0.25) is 14.9 Å². The van der Waals surface area contributed by atoms with Gasteiger partial charge in [0, 0.05) is 0 Å². The van der Waals surface area contributed by atoms with Crippen LogP contribution in [0.3, 0.4) is 0 Å². The monoisotopic (exact) mass is 201 g/mol. The van der Waals surface area contributed by atoms with Crippen molar-refractivity contribution in [2.75, 3.05) is 0 Å². The summed E-state index contributed by atoms with van der Waals surface area (Å²) in [6, 6.07) is 0. The van der Waals surface area contributed by atoms with Crippen LogP contribution in [0.2, 0.25) is 0 Å². The molecule has 1 aliphatic rings. The fraction of sp³-hybridized carbons (Fsp3) is 0.778. The van der Waals surface area contributed by atoms with Crippen molar-refractivity contribution in [2.45, 2.75) is 43.6 Å². The van der Waals surface area contributed by atoms with Gasteiger partial charge in [0.15, 0.2) is 0 Å². The molecule has 2 amide bonds. The lowest BCUT2D eigenvalue weighted by Crippen LogP contribution is -2.54. The van der Waals surface area contributed by atoms with Gasteiger partial charge < -0.3 is 0 Å². The third-order valence-electron chi connectivity index (χ3n) is 2.56. The molecule has 4 heteroatoms. The second-order valence-electron chi connectivity index (χ2n) is 3.28. The molecule has 1 heterocycles. The van der Waals surface area contributed by atoms with Crippen molar-refractivity contribution in [1.29, 1.82) is 0 Å². The van der Waals surface area contributed by atoms with Crippen LogP contribution >= 0.6 is 11.8 Å². The zero-order valence-electron chi connectivity index (χ0n) is 8.22. The topological polar surface area (TPSA) is 46.2 Å². The summed E-state index contributed by atoms with van der Waals surface area (Å²) < 4.78 is -0.382. The average Bonchev–Trinajstić information content (AvgIpc) is 2.12. The van der Waals surface area contributed by atoms with Crippen LogP contribution in [-0.2, 0) is 9.59 Å². The molecule has 0 bridgehead atoms. The first-order valence-electron chi connectivity index (χ1n) is 4.59. The minimum atomic E-state index is -0.382. The first-order chi connectivity index (χ1) is 6.05. The zero-order valence-corrected chi connectivity index (χ0v) is 9.03. The number of rotatable bonds is 2. The minimum absolute atomic E-state index is 0.113. The zero-order chi connectivity index (χ0) is 10.1. The van der Waals surface area contributed by atoms with E-state index in [1.807, 2.05) is 20.8 Å². The Balaban J connectivity index is 2.87. The summed E-state index contributed by atoms with van der Waals surface area (Å²) in [6.45, 7) is 5.81. The molecule has 0 aromatic rings. The molecule has 74 valence electrons. The molecule has 13 heavy (non-hydrogen) atoms. The lowest BCUT2D eigenvalue weighted by Gasteiger charge is -2.35. The fourth-order valence-corrected chi connectivity index (χ4v) is 2.84. The van der Waals surface area contributed by atoms with E-state index in [-0.39, 0.29) is 21.8 Å². The maximum atomic E-state index is 11.6. The molecule has 1 N–H and O–H groups in total. The van der Waals surface area contributed by atoms with Gasteiger partial charge in [-0.1, -0.05) is 13.8 Å². The van der Waals surface area contributed by atoms with Gasteiger partial charge in [0.2, 0.25) is 11.8 Å². The largest absolute Gasteiger partial charge is 0.294 e. The summed E-state index contributed by atoms with van der Waals surface area (Å²) in [4.78, 5) is 22.8. The lowest BCUT2D eigenvalue weighted by molar-refractivity contribution is -0.132. The molecule has 1 rings (SSSR count). The number of hydrogen-bond donors (Lipinski definition) is 1. The van der Waals surface area contributed by atoms with Crippen LogP contribution in [0.15, 0.2) is 0 Å². The predicted molar refractivity (Wildman–Crippen MR) is 53.5 cm³/mol. The first-order valence-corrected chi connectivity index (χ1v) is 5.47. The van der Waals surface area contributed by atoms with E-state index >= 15 is 0 Å². The van der Waals surface area contributed by atoms with E-state index in [1.165, 1.54) is 11.8 Å². The second kappa shape index (κ2) is 3.70. The van der Waals surface area contributed by atoms with Crippen LogP contribution in [0.1, 0.15) is 33.6 Å². The van der Waals surface area contributed by atoms with Gasteiger partial charge in [0.1, 0.15) is 0 Å². The third-order valence-corrected chi connectivity index (χ3v) is 4.35. The average molecular weight is 201 g/mol. The fourth-order valence-electron chi connectivity index (χ4n) is 1.51. The quantitative estimate of drug-likeness (QED) is 0.685. The Hall–Kier alpha value is -0.510.